The molecule has 1 saturated heterocycles. The molecule has 3 aliphatic heterocycles. The molecule has 0 saturated carbocycles. The summed E-state index contributed by atoms with van der Waals surface area (Å²) in [4.78, 5) is 43.3. The van der Waals surface area contributed by atoms with E-state index in [1.165, 1.54) is 42.7 Å². The van der Waals surface area contributed by atoms with Gasteiger partial charge in [-0.2, -0.15) is 0 Å². The van der Waals surface area contributed by atoms with Gasteiger partial charge in [-0.1, -0.05) is 18.2 Å². The molecule has 3 aliphatic rings. The zero-order valence-corrected chi connectivity index (χ0v) is 35.6. The van der Waals surface area contributed by atoms with Crippen LogP contribution in [0.1, 0.15) is 111 Å². The molecule has 300 valence electrons. The Labute approximate surface area is 328 Å². The number of fused-ring (bicyclic) bond motifs is 2. The van der Waals surface area contributed by atoms with Crippen molar-refractivity contribution in [1.82, 2.24) is 5.06 Å². The molecule has 55 heavy (non-hydrogen) atoms. The molecule has 0 aliphatic carbocycles. The van der Waals surface area contributed by atoms with Crippen molar-refractivity contribution < 1.29 is 36.8 Å². The Morgan fingerprint density at radius 2 is 1.56 bits per heavy atom. The fourth-order valence-corrected chi connectivity index (χ4v) is 12.8. The number of benzene rings is 2. The molecular formula is C43H61N3O7PS+. The standard InChI is InChI=1S/C43H60N3O7PS/c1-8-54(9-2,10-3)30-17-16-29-45-36-25-24-32(55(50,51)52)31-34(36)43(6,7)38(45)22-18-21-37-42(4,5)33-19-13-14-20-35(33)44(37)28-15-11-12-23-41(49)53-46-39(47)26-27-40(46)48/h13-14,18-22,24-25,31,54H,8-12,15-17,23,26-30H2,1-7H3/p+1. The number of allylic oxidation sites excluding steroid dienone is 4. The van der Waals surface area contributed by atoms with E-state index in [0.29, 0.717) is 11.5 Å². The predicted octanol–water partition coefficient (Wildman–Crippen LogP) is 8.30. The van der Waals surface area contributed by atoms with Crippen molar-refractivity contribution in [3.05, 3.63) is 77.5 Å². The summed E-state index contributed by atoms with van der Waals surface area (Å²) < 4.78 is 36.7. The van der Waals surface area contributed by atoms with Gasteiger partial charge >= 0.3 is 231 Å². The van der Waals surface area contributed by atoms with Crippen molar-refractivity contribution in [1.29, 1.82) is 0 Å². The second-order valence-electron chi connectivity index (χ2n) is 16.4. The van der Waals surface area contributed by atoms with Crippen LogP contribution in [-0.4, -0.2) is 83.8 Å². The van der Waals surface area contributed by atoms with Gasteiger partial charge in [0.15, 0.2) is 0 Å². The minimum absolute atomic E-state index is 0.0742. The van der Waals surface area contributed by atoms with Crippen LogP contribution in [0.15, 0.2) is 71.3 Å². The van der Waals surface area contributed by atoms with Gasteiger partial charge in [-0.25, -0.2) is 4.79 Å². The van der Waals surface area contributed by atoms with Crippen molar-refractivity contribution in [2.75, 3.05) is 42.6 Å². The molecule has 12 heteroatoms. The molecule has 0 aromatic heterocycles. The van der Waals surface area contributed by atoms with E-state index in [-0.39, 0.29) is 29.6 Å². The molecule has 2 amide bonds. The van der Waals surface area contributed by atoms with Gasteiger partial charge < -0.3 is 4.84 Å². The van der Waals surface area contributed by atoms with Gasteiger partial charge in [0.1, 0.15) is 0 Å². The van der Waals surface area contributed by atoms with Crippen LogP contribution in [-0.2, 0) is 40.2 Å². The summed E-state index contributed by atoms with van der Waals surface area (Å²) in [5, 5.41) is 0.605. The summed E-state index contributed by atoms with van der Waals surface area (Å²) in [5.41, 5.74) is 5.72. The molecule has 1 N–H and O–H groups in total. The molecule has 1 fully saturated rings. The number of hydrogen-bond donors (Lipinski definition) is 1. The van der Waals surface area contributed by atoms with E-state index in [1.54, 1.807) is 6.07 Å². The number of carbonyl (C=O) groups excluding carboxylic acids is 3. The van der Waals surface area contributed by atoms with E-state index in [0.717, 1.165) is 60.7 Å². The first-order chi connectivity index (χ1) is 26.0. The minimum atomic E-state index is -4.36. The molecule has 2 aromatic rings. The van der Waals surface area contributed by atoms with Gasteiger partial charge in [-0.05, 0) is 12.8 Å². The topological polar surface area (TPSA) is 124 Å². The Hall–Kier alpha value is -3.66. The number of hydroxylamine groups is 2. The van der Waals surface area contributed by atoms with Crippen LogP contribution in [0.3, 0.4) is 0 Å². The van der Waals surface area contributed by atoms with E-state index in [1.807, 2.05) is 6.07 Å². The summed E-state index contributed by atoms with van der Waals surface area (Å²) in [6, 6.07) is 13.4. The monoisotopic (exact) mass is 794 g/mol. The van der Waals surface area contributed by atoms with E-state index in [2.05, 4.69) is 100 Å². The number of nitrogens with zero attached hydrogens (tertiary/aromatic N) is 3. The van der Waals surface area contributed by atoms with Crippen LogP contribution in [0, 0.1) is 0 Å². The van der Waals surface area contributed by atoms with Crippen molar-refractivity contribution >= 4 is 52.3 Å². The summed E-state index contributed by atoms with van der Waals surface area (Å²) in [7, 11) is -5.60. The number of unbranched alkanes of at least 4 members (excludes halogenated alkanes) is 3. The Kier molecular flexibility index (Phi) is 13.3. The Morgan fingerprint density at radius 3 is 2.22 bits per heavy atom. The number of hydrogen-bond acceptors (Lipinski definition) is 7. The van der Waals surface area contributed by atoms with Gasteiger partial charge in [0.05, 0.1) is 0 Å². The number of rotatable bonds is 18. The van der Waals surface area contributed by atoms with Crippen molar-refractivity contribution in [2.45, 2.75) is 116 Å². The van der Waals surface area contributed by atoms with Crippen LogP contribution in [0.2, 0.25) is 0 Å². The average Bonchev–Trinajstić information content (AvgIpc) is 3.66. The molecule has 3 heterocycles. The molecule has 0 unspecified atom stereocenters. The van der Waals surface area contributed by atoms with Gasteiger partial charge in [0.25, 0.3) is 11.8 Å². The fraction of sp³-hybridized carbons (Fsp3) is 0.535. The zero-order chi connectivity index (χ0) is 40.2. The summed E-state index contributed by atoms with van der Waals surface area (Å²) in [6.07, 6.45) is 16.4. The van der Waals surface area contributed by atoms with Gasteiger partial charge in [0.2, 0.25) is 0 Å². The first-order valence-electron chi connectivity index (χ1n) is 20.1. The van der Waals surface area contributed by atoms with Gasteiger partial charge in [-0.3, -0.25) is 9.59 Å². The third kappa shape index (κ3) is 9.00. The molecule has 10 nitrogen and oxygen atoms in total. The number of para-hydroxylation sites is 1. The Morgan fingerprint density at radius 1 is 0.891 bits per heavy atom. The summed E-state index contributed by atoms with van der Waals surface area (Å²) in [5.74, 6) is -1.52. The quantitative estimate of drug-likeness (QED) is 0.0526. The van der Waals surface area contributed by atoms with Gasteiger partial charge in [0, 0.05) is 31.7 Å². The first-order valence-corrected chi connectivity index (χ1v) is 24.4. The number of imide groups is 1. The zero-order valence-electron chi connectivity index (χ0n) is 33.8. The summed E-state index contributed by atoms with van der Waals surface area (Å²) in [6.45, 7) is 17.3. The predicted molar refractivity (Wildman–Crippen MR) is 223 cm³/mol. The third-order valence-corrected chi connectivity index (χ3v) is 19.3. The molecule has 0 atom stereocenters. The number of carbonyl (C=O) groups is 3. The molecule has 0 bridgehead atoms. The first kappa shape index (κ1) is 42.5. The van der Waals surface area contributed by atoms with Crippen LogP contribution < -0.4 is 4.90 Å². The second kappa shape index (κ2) is 17.2. The Bertz CT molecular complexity index is 1970. The molecule has 5 rings (SSSR count). The molecular weight excluding hydrogens is 734 g/mol. The average molecular weight is 795 g/mol. The van der Waals surface area contributed by atoms with E-state index in [4.69, 9.17) is 4.84 Å². The molecule has 2 aromatic carbocycles. The fourth-order valence-electron chi connectivity index (χ4n) is 8.74. The molecule has 0 spiro atoms. The van der Waals surface area contributed by atoms with E-state index in [9.17, 15) is 27.4 Å². The van der Waals surface area contributed by atoms with E-state index < -0.39 is 40.6 Å². The van der Waals surface area contributed by atoms with Crippen molar-refractivity contribution in [2.24, 2.45) is 0 Å². The number of anilines is 1. The van der Waals surface area contributed by atoms with Gasteiger partial charge in [-0.15, -0.1) is 5.06 Å². The normalized spacial score (nSPS) is 18.9. The number of amides is 2. The maximum absolute atomic E-state index is 12.4. The van der Waals surface area contributed by atoms with Crippen molar-refractivity contribution in [3.63, 3.8) is 0 Å². The third-order valence-electron chi connectivity index (χ3n) is 12.5. The van der Waals surface area contributed by atoms with E-state index >= 15 is 0 Å². The van der Waals surface area contributed by atoms with Crippen LogP contribution >= 0.6 is 7.26 Å². The Balaban J connectivity index is 1.38. The van der Waals surface area contributed by atoms with Crippen LogP contribution in [0.25, 0.3) is 0 Å². The molecule has 0 radical (unpaired) electrons. The van der Waals surface area contributed by atoms with Crippen LogP contribution in [0.5, 0.6) is 0 Å². The summed E-state index contributed by atoms with van der Waals surface area (Å²) >= 11 is 0. The SMILES string of the molecule is CC[PH](CC)(CC)CCCCN1/C(=C/C=C/C2=[N+](CCCCCC(=O)ON3C(=O)CCC3=O)c3ccccc3C2(C)C)C(C)(C)c2cc(S(=O)(=O)O)ccc21. The van der Waals surface area contributed by atoms with Crippen molar-refractivity contribution in [3.8, 4) is 0 Å². The van der Waals surface area contributed by atoms with Crippen LogP contribution in [0.4, 0.5) is 11.4 Å². The maximum atomic E-state index is 12.4. The second-order valence-corrected chi connectivity index (χ2v) is 23.4.